The number of hydrogen-bond donors (Lipinski definition) is 1. The normalized spacial score (nSPS) is 14.9. The molecular formula is C17H20N2. The Labute approximate surface area is 114 Å². The van der Waals surface area contributed by atoms with Crippen molar-refractivity contribution in [2.24, 2.45) is 5.73 Å². The van der Waals surface area contributed by atoms with Crippen molar-refractivity contribution in [2.75, 3.05) is 18.0 Å². The van der Waals surface area contributed by atoms with Gasteiger partial charge in [0.25, 0.3) is 0 Å². The van der Waals surface area contributed by atoms with Crippen molar-refractivity contribution in [3.63, 3.8) is 0 Å². The summed E-state index contributed by atoms with van der Waals surface area (Å²) in [5, 5.41) is 0. The monoisotopic (exact) mass is 252 g/mol. The largest absolute Gasteiger partial charge is 0.371 e. The minimum atomic E-state index is 0.611. The van der Waals surface area contributed by atoms with Crippen LogP contribution in [0.5, 0.6) is 0 Å². The number of hydrogen-bond acceptors (Lipinski definition) is 2. The Morgan fingerprint density at radius 1 is 0.842 bits per heavy atom. The van der Waals surface area contributed by atoms with Crippen molar-refractivity contribution in [3.05, 3.63) is 65.2 Å². The molecule has 0 aromatic heterocycles. The summed E-state index contributed by atoms with van der Waals surface area (Å²) in [4.78, 5) is 2.47. The highest BCUT2D eigenvalue weighted by molar-refractivity contribution is 5.54. The van der Waals surface area contributed by atoms with Gasteiger partial charge in [-0.15, -0.1) is 0 Å². The van der Waals surface area contributed by atoms with E-state index in [1.807, 2.05) is 0 Å². The number of para-hydroxylation sites is 1. The first kappa shape index (κ1) is 12.2. The summed E-state index contributed by atoms with van der Waals surface area (Å²) in [5.74, 6) is 0. The smallest absolute Gasteiger partial charge is 0.0411 e. The standard InChI is InChI=1S/C17H20N2/c18-13-16-7-3-4-8-17(16)19-11-9-14-5-1-2-6-15(14)10-12-19/h1-8H,9-13,18H2. The molecule has 0 unspecified atom stereocenters. The summed E-state index contributed by atoms with van der Waals surface area (Å²) in [5.41, 5.74) is 11.4. The summed E-state index contributed by atoms with van der Waals surface area (Å²) in [7, 11) is 0. The van der Waals surface area contributed by atoms with Gasteiger partial charge in [0, 0.05) is 25.3 Å². The molecule has 1 heterocycles. The molecule has 98 valence electrons. The second kappa shape index (κ2) is 5.45. The molecule has 0 saturated heterocycles. The highest BCUT2D eigenvalue weighted by atomic mass is 15.1. The molecule has 0 amide bonds. The number of fused-ring (bicyclic) bond motifs is 1. The molecule has 2 aromatic carbocycles. The molecule has 2 aromatic rings. The van der Waals surface area contributed by atoms with E-state index in [2.05, 4.69) is 53.4 Å². The van der Waals surface area contributed by atoms with Crippen LogP contribution >= 0.6 is 0 Å². The van der Waals surface area contributed by atoms with E-state index < -0.39 is 0 Å². The van der Waals surface area contributed by atoms with Crippen molar-refractivity contribution in [1.82, 2.24) is 0 Å². The molecule has 0 radical (unpaired) electrons. The maximum atomic E-state index is 5.85. The lowest BCUT2D eigenvalue weighted by Gasteiger charge is -2.25. The van der Waals surface area contributed by atoms with E-state index in [4.69, 9.17) is 5.73 Å². The van der Waals surface area contributed by atoms with E-state index in [1.165, 1.54) is 22.4 Å². The molecule has 0 spiro atoms. The topological polar surface area (TPSA) is 29.3 Å². The van der Waals surface area contributed by atoms with Gasteiger partial charge >= 0.3 is 0 Å². The molecule has 0 fully saturated rings. The van der Waals surface area contributed by atoms with Gasteiger partial charge in [0.05, 0.1) is 0 Å². The van der Waals surface area contributed by atoms with Crippen molar-refractivity contribution in [1.29, 1.82) is 0 Å². The Morgan fingerprint density at radius 3 is 2.05 bits per heavy atom. The summed E-state index contributed by atoms with van der Waals surface area (Å²) < 4.78 is 0. The second-order valence-electron chi connectivity index (χ2n) is 5.09. The number of nitrogens with two attached hydrogens (primary N) is 1. The van der Waals surface area contributed by atoms with Crippen molar-refractivity contribution in [3.8, 4) is 0 Å². The average Bonchev–Trinajstić information content (AvgIpc) is 2.70. The van der Waals surface area contributed by atoms with Crippen LogP contribution < -0.4 is 10.6 Å². The first-order chi connectivity index (χ1) is 9.38. The Hall–Kier alpha value is -1.80. The third kappa shape index (κ3) is 2.49. The third-order valence-corrected chi connectivity index (χ3v) is 3.97. The van der Waals surface area contributed by atoms with E-state index in [1.54, 1.807) is 0 Å². The molecule has 1 aliphatic heterocycles. The Balaban J connectivity index is 1.85. The molecule has 0 aliphatic carbocycles. The molecule has 19 heavy (non-hydrogen) atoms. The van der Waals surface area contributed by atoms with Crippen molar-refractivity contribution < 1.29 is 0 Å². The van der Waals surface area contributed by atoms with Crippen LogP contribution in [0.1, 0.15) is 16.7 Å². The fourth-order valence-corrected chi connectivity index (χ4v) is 2.90. The lowest BCUT2D eigenvalue weighted by Crippen LogP contribution is -2.27. The minimum Gasteiger partial charge on any atom is -0.371 e. The molecule has 3 rings (SSSR count). The van der Waals surface area contributed by atoms with Gasteiger partial charge < -0.3 is 10.6 Å². The first-order valence-electron chi connectivity index (χ1n) is 6.98. The lowest BCUT2D eigenvalue weighted by atomic mass is 10.0. The predicted molar refractivity (Wildman–Crippen MR) is 80.4 cm³/mol. The van der Waals surface area contributed by atoms with Crippen molar-refractivity contribution >= 4 is 5.69 Å². The Kier molecular flexibility index (Phi) is 3.51. The van der Waals surface area contributed by atoms with Crippen LogP contribution in [-0.2, 0) is 19.4 Å². The molecule has 2 N–H and O–H groups in total. The van der Waals surface area contributed by atoms with Crippen molar-refractivity contribution in [2.45, 2.75) is 19.4 Å². The second-order valence-corrected chi connectivity index (χ2v) is 5.09. The van der Waals surface area contributed by atoms with Crippen LogP contribution in [0.3, 0.4) is 0 Å². The number of anilines is 1. The van der Waals surface area contributed by atoms with Gasteiger partial charge in [-0.25, -0.2) is 0 Å². The van der Waals surface area contributed by atoms with E-state index in [9.17, 15) is 0 Å². The van der Waals surface area contributed by atoms with Crippen LogP contribution in [-0.4, -0.2) is 13.1 Å². The highest BCUT2D eigenvalue weighted by Crippen LogP contribution is 2.24. The predicted octanol–water partition coefficient (Wildman–Crippen LogP) is 2.75. The Bertz CT molecular complexity index is 536. The van der Waals surface area contributed by atoms with Crippen LogP contribution in [0, 0.1) is 0 Å². The van der Waals surface area contributed by atoms with Gasteiger partial charge in [0.2, 0.25) is 0 Å². The van der Waals surface area contributed by atoms with Gasteiger partial charge in [-0.2, -0.15) is 0 Å². The molecule has 0 atom stereocenters. The maximum absolute atomic E-state index is 5.85. The average molecular weight is 252 g/mol. The van der Waals surface area contributed by atoms with Gasteiger partial charge in [-0.05, 0) is 35.6 Å². The van der Waals surface area contributed by atoms with Crippen LogP contribution in [0.4, 0.5) is 5.69 Å². The van der Waals surface area contributed by atoms with Crippen LogP contribution in [0.2, 0.25) is 0 Å². The van der Waals surface area contributed by atoms with Crippen LogP contribution in [0.25, 0.3) is 0 Å². The molecular weight excluding hydrogens is 232 g/mol. The quantitative estimate of drug-likeness (QED) is 0.890. The number of benzene rings is 2. The maximum Gasteiger partial charge on any atom is 0.0411 e. The van der Waals surface area contributed by atoms with Gasteiger partial charge in [0.1, 0.15) is 0 Å². The zero-order chi connectivity index (χ0) is 13.1. The van der Waals surface area contributed by atoms with Gasteiger partial charge in [0.15, 0.2) is 0 Å². The minimum absolute atomic E-state index is 0.611. The fourth-order valence-electron chi connectivity index (χ4n) is 2.90. The van der Waals surface area contributed by atoms with E-state index in [0.29, 0.717) is 6.54 Å². The summed E-state index contributed by atoms with van der Waals surface area (Å²) in [6.45, 7) is 2.77. The molecule has 2 nitrogen and oxygen atoms in total. The first-order valence-corrected chi connectivity index (χ1v) is 6.98. The zero-order valence-corrected chi connectivity index (χ0v) is 11.2. The third-order valence-electron chi connectivity index (χ3n) is 3.97. The fraction of sp³-hybridized carbons (Fsp3) is 0.294. The molecule has 0 bridgehead atoms. The summed E-state index contributed by atoms with van der Waals surface area (Å²) in [6.07, 6.45) is 2.24. The summed E-state index contributed by atoms with van der Waals surface area (Å²) in [6, 6.07) is 17.3. The van der Waals surface area contributed by atoms with Gasteiger partial charge in [-0.1, -0.05) is 42.5 Å². The SMILES string of the molecule is NCc1ccccc1N1CCc2ccccc2CC1. The lowest BCUT2D eigenvalue weighted by molar-refractivity contribution is 0.798. The van der Waals surface area contributed by atoms with E-state index in [0.717, 1.165) is 25.9 Å². The Morgan fingerprint density at radius 2 is 1.42 bits per heavy atom. The van der Waals surface area contributed by atoms with E-state index in [-0.39, 0.29) is 0 Å². The number of nitrogens with zero attached hydrogens (tertiary/aromatic N) is 1. The molecule has 0 saturated carbocycles. The molecule has 2 heteroatoms. The van der Waals surface area contributed by atoms with E-state index >= 15 is 0 Å². The summed E-state index contributed by atoms with van der Waals surface area (Å²) >= 11 is 0. The molecule has 1 aliphatic rings. The van der Waals surface area contributed by atoms with Crippen LogP contribution in [0.15, 0.2) is 48.5 Å². The zero-order valence-electron chi connectivity index (χ0n) is 11.2. The van der Waals surface area contributed by atoms with Gasteiger partial charge in [-0.3, -0.25) is 0 Å². The number of rotatable bonds is 2. The highest BCUT2D eigenvalue weighted by Gasteiger charge is 2.15.